The van der Waals surface area contributed by atoms with E-state index >= 15 is 0 Å². The number of aromatic nitrogens is 2. The molecule has 0 unspecified atom stereocenters. The quantitative estimate of drug-likeness (QED) is 0.813. The molecule has 0 fully saturated rings. The Balaban J connectivity index is 2.60. The van der Waals surface area contributed by atoms with Gasteiger partial charge < -0.3 is 5.73 Å². The highest BCUT2D eigenvalue weighted by Crippen LogP contribution is 2.14. The topological polar surface area (TPSA) is 78.0 Å². The summed E-state index contributed by atoms with van der Waals surface area (Å²) in [4.78, 5) is 0.167. The molecule has 0 aliphatic carbocycles. The SMILES string of the molecule is Nc1ccnn1S(=O)(=O)c1ccccc1. The van der Waals surface area contributed by atoms with Crippen molar-refractivity contribution in [2.24, 2.45) is 0 Å². The van der Waals surface area contributed by atoms with E-state index in [1.165, 1.54) is 24.4 Å². The van der Waals surface area contributed by atoms with E-state index in [0.29, 0.717) is 0 Å². The van der Waals surface area contributed by atoms with Crippen molar-refractivity contribution >= 4 is 15.8 Å². The molecular weight excluding hydrogens is 214 g/mol. The number of rotatable bonds is 2. The van der Waals surface area contributed by atoms with Crippen LogP contribution >= 0.6 is 0 Å². The van der Waals surface area contributed by atoms with E-state index in [4.69, 9.17) is 5.73 Å². The minimum atomic E-state index is -3.65. The van der Waals surface area contributed by atoms with Crippen molar-refractivity contribution in [1.29, 1.82) is 0 Å². The number of hydrogen-bond donors (Lipinski definition) is 1. The molecule has 0 saturated carbocycles. The van der Waals surface area contributed by atoms with Crippen LogP contribution in [-0.4, -0.2) is 17.6 Å². The van der Waals surface area contributed by atoms with Gasteiger partial charge in [-0.3, -0.25) is 0 Å². The first-order chi connectivity index (χ1) is 7.12. The molecule has 0 radical (unpaired) electrons. The molecule has 78 valence electrons. The van der Waals surface area contributed by atoms with Gasteiger partial charge in [0.1, 0.15) is 5.82 Å². The first-order valence-corrected chi connectivity index (χ1v) is 5.66. The molecule has 2 rings (SSSR count). The molecule has 1 aromatic heterocycles. The van der Waals surface area contributed by atoms with Crippen LogP contribution in [-0.2, 0) is 10.0 Å². The maximum absolute atomic E-state index is 11.9. The highest BCUT2D eigenvalue weighted by molar-refractivity contribution is 7.90. The van der Waals surface area contributed by atoms with E-state index in [2.05, 4.69) is 5.10 Å². The monoisotopic (exact) mass is 223 g/mol. The third-order valence-corrected chi connectivity index (χ3v) is 3.53. The number of nitrogens with two attached hydrogens (primary N) is 1. The zero-order valence-electron chi connectivity index (χ0n) is 7.74. The first kappa shape index (κ1) is 9.72. The Bertz CT molecular complexity index is 560. The van der Waals surface area contributed by atoms with Gasteiger partial charge in [0.15, 0.2) is 0 Å². The summed E-state index contributed by atoms with van der Waals surface area (Å²) in [5.41, 5.74) is 5.49. The molecule has 2 N–H and O–H groups in total. The minimum Gasteiger partial charge on any atom is -0.383 e. The van der Waals surface area contributed by atoms with Crippen LogP contribution in [0.2, 0.25) is 0 Å². The molecule has 0 aliphatic heterocycles. The summed E-state index contributed by atoms with van der Waals surface area (Å²) in [7, 11) is -3.65. The standard InChI is InChI=1S/C9H9N3O2S/c10-9-6-7-11-12(9)15(13,14)8-4-2-1-3-5-8/h1-7H,10H2. The van der Waals surface area contributed by atoms with Gasteiger partial charge in [-0.25, -0.2) is 0 Å². The molecule has 0 bridgehead atoms. The molecular formula is C9H9N3O2S. The fourth-order valence-corrected chi connectivity index (χ4v) is 2.41. The first-order valence-electron chi connectivity index (χ1n) is 4.22. The molecule has 0 spiro atoms. The van der Waals surface area contributed by atoms with E-state index in [-0.39, 0.29) is 10.7 Å². The molecule has 5 nitrogen and oxygen atoms in total. The van der Waals surface area contributed by atoms with Crippen molar-refractivity contribution in [2.75, 3.05) is 5.73 Å². The van der Waals surface area contributed by atoms with Crippen LogP contribution in [0.5, 0.6) is 0 Å². The smallest absolute Gasteiger partial charge is 0.284 e. The predicted molar refractivity (Wildman–Crippen MR) is 55.7 cm³/mol. The number of nitrogen functional groups attached to an aromatic ring is 1. The van der Waals surface area contributed by atoms with Crippen molar-refractivity contribution in [3.05, 3.63) is 42.6 Å². The van der Waals surface area contributed by atoms with Crippen LogP contribution < -0.4 is 5.73 Å². The predicted octanol–water partition coefficient (Wildman–Crippen LogP) is 0.702. The summed E-state index contributed by atoms with van der Waals surface area (Å²) in [5.74, 6) is 0.0962. The van der Waals surface area contributed by atoms with E-state index in [9.17, 15) is 8.42 Å². The lowest BCUT2D eigenvalue weighted by Crippen LogP contribution is -2.16. The fraction of sp³-hybridized carbons (Fsp3) is 0. The second-order valence-corrected chi connectivity index (χ2v) is 4.68. The summed E-state index contributed by atoms with van der Waals surface area (Å²) in [6.07, 6.45) is 1.34. The molecule has 6 heteroatoms. The zero-order valence-corrected chi connectivity index (χ0v) is 8.55. The average Bonchev–Trinajstić information content (AvgIpc) is 2.66. The summed E-state index contributed by atoms with van der Waals surface area (Å²) in [6.45, 7) is 0. The van der Waals surface area contributed by atoms with Crippen LogP contribution in [0.4, 0.5) is 5.82 Å². The van der Waals surface area contributed by atoms with Gasteiger partial charge in [0.05, 0.1) is 11.1 Å². The number of anilines is 1. The molecule has 0 atom stereocenters. The van der Waals surface area contributed by atoms with E-state index < -0.39 is 10.0 Å². The zero-order chi connectivity index (χ0) is 10.9. The highest BCUT2D eigenvalue weighted by Gasteiger charge is 2.18. The summed E-state index contributed by atoms with van der Waals surface area (Å²) < 4.78 is 24.7. The van der Waals surface area contributed by atoms with Gasteiger partial charge in [-0.15, -0.1) is 4.09 Å². The fourth-order valence-electron chi connectivity index (χ4n) is 1.19. The Kier molecular flexibility index (Phi) is 2.20. The number of benzene rings is 1. The van der Waals surface area contributed by atoms with Crippen molar-refractivity contribution in [3.63, 3.8) is 0 Å². The second kappa shape index (κ2) is 3.39. The Hall–Kier alpha value is -1.82. The maximum atomic E-state index is 11.9. The van der Waals surface area contributed by atoms with Gasteiger partial charge >= 0.3 is 0 Å². The molecule has 2 aromatic rings. The van der Waals surface area contributed by atoms with Crippen molar-refractivity contribution in [1.82, 2.24) is 9.19 Å². The minimum absolute atomic E-state index is 0.0962. The van der Waals surface area contributed by atoms with Gasteiger partial charge in [0, 0.05) is 6.07 Å². The number of nitrogens with zero attached hydrogens (tertiary/aromatic N) is 2. The van der Waals surface area contributed by atoms with Gasteiger partial charge in [0.2, 0.25) is 0 Å². The van der Waals surface area contributed by atoms with E-state index in [1.54, 1.807) is 18.2 Å². The summed E-state index contributed by atoms with van der Waals surface area (Å²) in [6, 6.07) is 9.46. The lowest BCUT2D eigenvalue weighted by atomic mass is 10.4. The van der Waals surface area contributed by atoms with Crippen LogP contribution in [0, 0.1) is 0 Å². The highest BCUT2D eigenvalue weighted by atomic mass is 32.2. The van der Waals surface area contributed by atoms with E-state index in [1.807, 2.05) is 0 Å². The van der Waals surface area contributed by atoms with E-state index in [0.717, 1.165) is 4.09 Å². The van der Waals surface area contributed by atoms with Gasteiger partial charge in [-0.05, 0) is 12.1 Å². The van der Waals surface area contributed by atoms with Crippen molar-refractivity contribution in [3.8, 4) is 0 Å². The Morgan fingerprint density at radius 2 is 1.80 bits per heavy atom. The molecule has 0 aliphatic rings. The summed E-state index contributed by atoms with van der Waals surface area (Å²) >= 11 is 0. The third kappa shape index (κ3) is 1.59. The van der Waals surface area contributed by atoms with Crippen molar-refractivity contribution < 1.29 is 8.42 Å². The Morgan fingerprint density at radius 1 is 1.13 bits per heavy atom. The lowest BCUT2D eigenvalue weighted by Gasteiger charge is -2.05. The average molecular weight is 223 g/mol. The van der Waals surface area contributed by atoms with Gasteiger partial charge in [0.25, 0.3) is 10.0 Å². The molecule has 0 amide bonds. The Labute approximate surface area is 87.2 Å². The van der Waals surface area contributed by atoms with Crippen LogP contribution in [0.3, 0.4) is 0 Å². The Morgan fingerprint density at radius 3 is 2.33 bits per heavy atom. The molecule has 1 aromatic carbocycles. The third-order valence-electron chi connectivity index (χ3n) is 1.91. The lowest BCUT2D eigenvalue weighted by molar-refractivity contribution is 0.581. The van der Waals surface area contributed by atoms with Gasteiger partial charge in [-0.2, -0.15) is 13.5 Å². The van der Waals surface area contributed by atoms with Crippen LogP contribution in [0.25, 0.3) is 0 Å². The maximum Gasteiger partial charge on any atom is 0.284 e. The van der Waals surface area contributed by atoms with Crippen LogP contribution in [0.15, 0.2) is 47.5 Å². The second-order valence-electron chi connectivity index (χ2n) is 2.92. The normalized spacial score (nSPS) is 11.5. The molecule has 15 heavy (non-hydrogen) atoms. The molecule has 1 heterocycles. The molecule has 0 saturated heterocycles. The van der Waals surface area contributed by atoms with Crippen molar-refractivity contribution in [2.45, 2.75) is 4.90 Å². The summed E-state index contributed by atoms with van der Waals surface area (Å²) in [5, 5.41) is 3.67. The van der Waals surface area contributed by atoms with Crippen LogP contribution in [0.1, 0.15) is 0 Å². The number of hydrogen-bond acceptors (Lipinski definition) is 4. The largest absolute Gasteiger partial charge is 0.383 e. The van der Waals surface area contributed by atoms with Gasteiger partial charge in [-0.1, -0.05) is 18.2 Å².